The molecule has 4 heteroatoms. The quantitative estimate of drug-likeness (QED) is 0.609. The van der Waals surface area contributed by atoms with Crippen LogP contribution in [-0.2, 0) is 0 Å². The van der Waals surface area contributed by atoms with Crippen LogP contribution in [0.25, 0.3) is 11.0 Å². The molecule has 1 saturated carbocycles. The molecule has 1 aliphatic carbocycles. The minimum absolute atomic E-state index is 0.468. The number of hydrogen-bond donors (Lipinski definition) is 1. The van der Waals surface area contributed by atoms with Gasteiger partial charge in [0.15, 0.2) is 4.77 Å². The topological polar surface area (TPSA) is 44.5 Å². The van der Waals surface area contributed by atoms with Crippen LogP contribution in [0.5, 0.6) is 0 Å². The highest BCUT2D eigenvalue weighted by Gasteiger charge is 2.20. The number of benzene rings is 1. The summed E-state index contributed by atoms with van der Waals surface area (Å²) in [7, 11) is 0. The molecular formula is C16H19N3S. The maximum absolute atomic E-state index is 9.09. The Bertz CT molecular complexity index is 719. The third-order valence-corrected chi connectivity index (χ3v) is 4.74. The fourth-order valence-electron chi connectivity index (χ4n) is 3.28. The van der Waals surface area contributed by atoms with Crippen LogP contribution in [0.3, 0.4) is 0 Å². The van der Waals surface area contributed by atoms with E-state index in [1.54, 1.807) is 0 Å². The highest BCUT2D eigenvalue weighted by atomic mass is 32.1. The van der Waals surface area contributed by atoms with Crippen molar-refractivity contribution in [2.24, 2.45) is 5.92 Å². The summed E-state index contributed by atoms with van der Waals surface area (Å²) in [5.74, 6) is 0.814. The summed E-state index contributed by atoms with van der Waals surface area (Å²) in [6, 6.07) is 8.44. The number of nitrogens with zero attached hydrogens (tertiary/aromatic N) is 2. The smallest absolute Gasteiger partial charge is 0.178 e. The molecule has 104 valence electrons. The molecule has 20 heavy (non-hydrogen) atoms. The molecule has 0 saturated heterocycles. The van der Waals surface area contributed by atoms with Crippen LogP contribution >= 0.6 is 12.2 Å². The Morgan fingerprint density at radius 2 is 2.15 bits per heavy atom. The van der Waals surface area contributed by atoms with Crippen molar-refractivity contribution in [3.8, 4) is 6.07 Å². The average molecular weight is 285 g/mol. The minimum Gasteiger partial charge on any atom is -0.331 e. The Morgan fingerprint density at radius 3 is 2.95 bits per heavy atom. The molecule has 1 aliphatic rings. The normalized spacial score (nSPS) is 23.4. The maximum Gasteiger partial charge on any atom is 0.178 e. The van der Waals surface area contributed by atoms with E-state index in [0.29, 0.717) is 11.6 Å². The first-order valence-corrected chi connectivity index (χ1v) is 7.74. The highest BCUT2D eigenvalue weighted by molar-refractivity contribution is 7.71. The molecule has 3 rings (SSSR count). The van der Waals surface area contributed by atoms with Gasteiger partial charge in [0.2, 0.25) is 0 Å². The van der Waals surface area contributed by atoms with Crippen LogP contribution < -0.4 is 0 Å². The van der Waals surface area contributed by atoms with Gasteiger partial charge in [-0.1, -0.05) is 19.8 Å². The monoisotopic (exact) mass is 285 g/mol. The van der Waals surface area contributed by atoms with Gasteiger partial charge in [0.1, 0.15) is 0 Å². The van der Waals surface area contributed by atoms with Crippen LogP contribution in [0.2, 0.25) is 0 Å². The molecule has 1 N–H and O–H groups in total. The Labute approximate surface area is 124 Å². The molecule has 0 spiro atoms. The van der Waals surface area contributed by atoms with Gasteiger partial charge in [0, 0.05) is 6.04 Å². The lowest BCUT2D eigenvalue weighted by Gasteiger charge is -2.17. The van der Waals surface area contributed by atoms with E-state index in [9.17, 15) is 0 Å². The molecule has 0 radical (unpaired) electrons. The molecule has 1 fully saturated rings. The lowest BCUT2D eigenvalue weighted by Crippen LogP contribution is -2.08. The number of aromatic nitrogens is 2. The zero-order valence-corrected chi connectivity index (χ0v) is 12.5. The van der Waals surface area contributed by atoms with E-state index in [0.717, 1.165) is 21.7 Å². The van der Waals surface area contributed by atoms with Crippen LogP contribution in [0, 0.1) is 22.0 Å². The third kappa shape index (κ3) is 2.38. The zero-order valence-electron chi connectivity index (χ0n) is 11.7. The van der Waals surface area contributed by atoms with Crippen LogP contribution in [0.1, 0.15) is 50.6 Å². The van der Waals surface area contributed by atoms with E-state index in [1.807, 2.05) is 18.2 Å². The number of fused-ring (bicyclic) bond motifs is 1. The van der Waals surface area contributed by atoms with E-state index in [-0.39, 0.29) is 0 Å². The molecule has 1 heterocycles. The van der Waals surface area contributed by atoms with Gasteiger partial charge < -0.3 is 9.55 Å². The van der Waals surface area contributed by atoms with Crippen molar-refractivity contribution < 1.29 is 0 Å². The number of nitriles is 1. The number of hydrogen-bond acceptors (Lipinski definition) is 2. The molecule has 0 bridgehead atoms. The third-order valence-electron chi connectivity index (χ3n) is 4.44. The van der Waals surface area contributed by atoms with Crippen LogP contribution in [0.4, 0.5) is 0 Å². The van der Waals surface area contributed by atoms with Crippen molar-refractivity contribution in [3.63, 3.8) is 0 Å². The molecule has 3 nitrogen and oxygen atoms in total. The predicted molar refractivity (Wildman–Crippen MR) is 83.1 cm³/mol. The van der Waals surface area contributed by atoms with Crippen LogP contribution in [0.15, 0.2) is 18.2 Å². The second-order valence-corrected chi connectivity index (χ2v) is 6.30. The number of aromatic amines is 1. The van der Waals surface area contributed by atoms with Gasteiger partial charge in [-0.25, -0.2) is 0 Å². The highest BCUT2D eigenvalue weighted by Crippen LogP contribution is 2.33. The zero-order chi connectivity index (χ0) is 14.1. The Kier molecular flexibility index (Phi) is 3.62. The molecule has 2 atom stereocenters. The number of nitrogens with one attached hydrogen (secondary N) is 1. The van der Waals surface area contributed by atoms with Gasteiger partial charge in [-0.15, -0.1) is 0 Å². The fourth-order valence-corrected chi connectivity index (χ4v) is 3.64. The molecule has 0 aliphatic heterocycles. The van der Waals surface area contributed by atoms with E-state index in [4.69, 9.17) is 17.5 Å². The number of rotatable bonds is 1. The molecular weight excluding hydrogens is 266 g/mol. The van der Waals surface area contributed by atoms with Gasteiger partial charge in [-0.05, 0) is 55.6 Å². The van der Waals surface area contributed by atoms with Gasteiger partial charge in [-0.2, -0.15) is 5.26 Å². The Balaban J connectivity index is 2.08. The summed E-state index contributed by atoms with van der Waals surface area (Å²) in [5.41, 5.74) is 2.81. The SMILES string of the molecule is CC1CCCC(n2c(=S)[nH]c3ccc(C#N)cc32)CC1. The molecule has 1 aromatic carbocycles. The number of imidazole rings is 1. The van der Waals surface area contributed by atoms with Crippen LogP contribution in [-0.4, -0.2) is 9.55 Å². The molecule has 1 aromatic heterocycles. The van der Waals surface area contributed by atoms with Gasteiger partial charge in [0.05, 0.1) is 22.7 Å². The number of H-pyrrole nitrogens is 1. The fraction of sp³-hybridized carbons (Fsp3) is 0.500. The van der Waals surface area contributed by atoms with Crippen molar-refractivity contribution in [1.82, 2.24) is 9.55 Å². The maximum atomic E-state index is 9.09. The van der Waals surface area contributed by atoms with E-state index >= 15 is 0 Å². The second kappa shape index (κ2) is 5.41. The lowest BCUT2D eigenvalue weighted by molar-refractivity contribution is 0.438. The van der Waals surface area contributed by atoms with Crippen molar-refractivity contribution in [2.45, 2.75) is 45.1 Å². The summed E-state index contributed by atoms with van der Waals surface area (Å²) in [4.78, 5) is 3.28. The van der Waals surface area contributed by atoms with Crippen molar-refractivity contribution >= 4 is 23.3 Å². The standard InChI is InChI=1S/C16H19N3S/c1-11-3-2-4-13(7-5-11)19-15-9-12(10-17)6-8-14(15)18-16(19)20/h6,8-9,11,13H,2-5,7H2,1H3,(H,18,20). The van der Waals surface area contributed by atoms with Crippen molar-refractivity contribution in [2.75, 3.05) is 0 Å². The first kappa shape index (κ1) is 13.4. The van der Waals surface area contributed by atoms with Gasteiger partial charge >= 0.3 is 0 Å². The first-order valence-electron chi connectivity index (χ1n) is 7.33. The summed E-state index contributed by atoms with van der Waals surface area (Å²) in [6.07, 6.45) is 6.20. The molecule has 0 amide bonds. The van der Waals surface area contributed by atoms with Crippen molar-refractivity contribution in [3.05, 3.63) is 28.5 Å². The molecule has 2 aromatic rings. The minimum atomic E-state index is 0.468. The van der Waals surface area contributed by atoms with E-state index in [2.05, 4.69) is 22.5 Å². The van der Waals surface area contributed by atoms with E-state index < -0.39 is 0 Å². The van der Waals surface area contributed by atoms with Gasteiger partial charge in [0.25, 0.3) is 0 Å². The van der Waals surface area contributed by atoms with Gasteiger partial charge in [-0.3, -0.25) is 0 Å². The molecule has 2 unspecified atom stereocenters. The summed E-state index contributed by atoms with van der Waals surface area (Å²) >= 11 is 5.51. The first-order chi connectivity index (χ1) is 9.69. The van der Waals surface area contributed by atoms with Crippen molar-refractivity contribution in [1.29, 1.82) is 5.26 Å². The largest absolute Gasteiger partial charge is 0.331 e. The average Bonchev–Trinajstić information content (AvgIpc) is 2.61. The Morgan fingerprint density at radius 1 is 1.30 bits per heavy atom. The summed E-state index contributed by atoms with van der Waals surface area (Å²) in [6.45, 7) is 2.34. The summed E-state index contributed by atoms with van der Waals surface area (Å²) in [5, 5.41) is 9.09. The predicted octanol–water partition coefficient (Wildman–Crippen LogP) is 4.71. The Hall–Kier alpha value is -1.60. The summed E-state index contributed by atoms with van der Waals surface area (Å²) < 4.78 is 3.03. The van der Waals surface area contributed by atoms with E-state index in [1.165, 1.54) is 32.1 Å². The lowest BCUT2D eigenvalue weighted by atomic mass is 10.0. The second-order valence-electron chi connectivity index (χ2n) is 5.91.